The van der Waals surface area contributed by atoms with Crippen LogP contribution in [0.2, 0.25) is 0 Å². The van der Waals surface area contributed by atoms with Gasteiger partial charge >= 0.3 is 0 Å². The van der Waals surface area contributed by atoms with Crippen LogP contribution in [-0.2, 0) is 0 Å². The molecular formula is C13H17N3OS. The summed E-state index contributed by atoms with van der Waals surface area (Å²) in [6, 6.07) is 5.59. The maximum Gasteiger partial charge on any atom is 0.255 e. The van der Waals surface area contributed by atoms with Crippen molar-refractivity contribution in [2.75, 3.05) is 6.26 Å². The number of rotatable bonds is 4. The van der Waals surface area contributed by atoms with E-state index in [1.54, 1.807) is 25.3 Å². The van der Waals surface area contributed by atoms with E-state index in [1.165, 1.54) is 11.8 Å². The van der Waals surface area contributed by atoms with Gasteiger partial charge in [0, 0.05) is 6.20 Å². The van der Waals surface area contributed by atoms with Crippen LogP contribution in [0.5, 0.6) is 0 Å². The molecule has 18 heavy (non-hydrogen) atoms. The van der Waals surface area contributed by atoms with Crippen molar-refractivity contribution in [2.24, 2.45) is 5.92 Å². The van der Waals surface area contributed by atoms with Crippen LogP contribution in [0.4, 0.5) is 0 Å². The highest BCUT2D eigenvalue weighted by Crippen LogP contribution is 2.20. The molecule has 1 aromatic heterocycles. The zero-order chi connectivity index (χ0) is 13.8. The van der Waals surface area contributed by atoms with E-state index >= 15 is 0 Å². The minimum Gasteiger partial charge on any atom is -0.334 e. The zero-order valence-electron chi connectivity index (χ0n) is 11.0. The summed E-state index contributed by atoms with van der Waals surface area (Å²) in [4.78, 5) is 16.3. The third-order valence-corrected chi connectivity index (χ3v) is 3.68. The Balaban J connectivity index is 2.99. The molecule has 1 amide bonds. The average Bonchev–Trinajstić information content (AvgIpc) is 2.38. The second-order valence-corrected chi connectivity index (χ2v) is 5.28. The van der Waals surface area contributed by atoms with Crippen LogP contribution in [0.1, 0.15) is 31.1 Å². The lowest BCUT2D eigenvalue weighted by Crippen LogP contribution is -2.48. The number of hydrogen-bond acceptors (Lipinski definition) is 4. The SMILES string of the molecule is CSc1ncccc1C(=O)N[C@@](C)(C#N)C(C)C. The molecule has 0 spiro atoms. The predicted molar refractivity (Wildman–Crippen MR) is 72.3 cm³/mol. The van der Waals surface area contributed by atoms with Crippen molar-refractivity contribution in [3.63, 3.8) is 0 Å². The molecular weight excluding hydrogens is 246 g/mol. The molecule has 1 heterocycles. The van der Waals surface area contributed by atoms with Gasteiger partial charge < -0.3 is 5.32 Å². The number of thioether (sulfide) groups is 1. The maximum absolute atomic E-state index is 12.2. The topological polar surface area (TPSA) is 65.8 Å². The Bertz CT molecular complexity index is 481. The van der Waals surface area contributed by atoms with E-state index in [0.29, 0.717) is 10.6 Å². The van der Waals surface area contributed by atoms with Crippen molar-refractivity contribution < 1.29 is 4.79 Å². The smallest absolute Gasteiger partial charge is 0.255 e. The fourth-order valence-corrected chi connectivity index (χ4v) is 1.88. The van der Waals surface area contributed by atoms with Crippen LogP contribution >= 0.6 is 11.8 Å². The van der Waals surface area contributed by atoms with Gasteiger partial charge in [-0.1, -0.05) is 13.8 Å². The van der Waals surface area contributed by atoms with Gasteiger partial charge in [0.25, 0.3) is 5.91 Å². The molecule has 0 aliphatic heterocycles. The van der Waals surface area contributed by atoms with E-state index in [9.17, 15) is 10.1 Å². The number of hydrogen-bond donors (Lipinski definition) is 1. The second kappa shape index (κ2) is 5.87. The first-order chi connectivity index (χ1) is 8.44. The number of amides is 1. The summed E-state index contributed by atoms with van der Waals surface area (Å²) < 4.78 is 0. The summed E-state index contributed by atoms with van der Waals surface area (Å²) in [5.41, 5.74) is -0.366. The molecule has 1 aromatic rings. The Morgan fingerprint density at radius 3 is 2.78 bits per heavy atom. The molecule has 0 saturated heterocycles. The van der Waals surface area contributed by atoms with Gasteiger partial charge in [-0.2, -0.15) is 5.26 Å². The number of nitriles is 1. The second-order valence-electron chi connectivity index (χ2n) is 4.48. The lowest BCUT2D eigenvalue weighted by molar-refractivity contribution is 0.0904. The van der Waals surface area contributed by atoms with Gasteiger partial charge in [-0.25, -0.2) is 4.98 Å². The standard InChI is InChI=1S/C13H17N3OS/c1-9(2)13(3,8-14)16-11(17)10-6-5-7-15-12(10)18-4/h5-7,9H,1-4H3,(H,16,17)/t13-/m0/s1. The van der Waals surface area contributed by atoms with Gasteiger partial charge in [-0.3, -0.25) is 4.79 Å². The van der Waals surface area contributed by atoms with Crippen molar-refractivity contribution in [2.45, 2.75) is 31.3 Å². The normalized spacial score (nSPS) is 13.8. The van der Waals surface area contributed by atoms with Crippen LogP contribution in [0.3, 0.4) is 0 Å². The van der Waals surface area contributed by atoms with Crippen LogP contribution < -0.4 is 5.32 Å². The Hall–Kier alpha value is -1.54. The highest BCUT2D eigenvalue weighted by atomic mass is 32.2. The summed E-state index contributed by atoms with van der Waals surface area (Å²) in [5, 5.41) is 12.6. The summed E-state index contributed by atoms with van der Waals surface area (Å²) in [6.45, 7) is 5.54. The third kappa shape index (κ3) is 3.02. The molecule has 0 aliphatic rings. The predicted octanol–water partition coefficient (Wildman–Crippen LogP) is 2.47. The first-order valence-corrected chi connectivity index (χ1v) is 6.90. The Morgan fingerprint density at radius 2 is 2.28 bits per heavy atom. The molecule has 0 radical (unpaired) electrons. The number of pyridine rings is 1. The monoisotopic (exact) mass is 263 g/mol. The molecule has 0 saturated carbocycles. The van der Waals surface area contributed by atoms with Crippen molar-refractivity contribution in [1.29, 1.82) is 5.26 Å². The van der Waals surface area contributed by atoms with E-state index in [0.717, 1.165) is 0 Å². The summed E-state index contributed by atoms with van der Waals surface area (Å²) >= 11 is 1.41. The third-order valence-electron chi connectivity index (χ3n) is 2.97. The van der Waals surface area contributed by atoms with Gasteiger partial charge in [0.05, 0.1) is 11.6 Å². The number of nitrogens with one attached hydrogen (secondary N) is 1. The van der Waals surface area contributed by atoms with Gasteiger partial charge in [-0.15, -0.1) is 11.8 Å². The van der Waals surface area contributed by atoms with Crippen molar-refractivity contribution in [3.05, 3.63) is 23.9 Å². The van der Waals surface area contributed by atoms with Gasteiger partial charge in [0.15, 0.2) is 0 Å². The van der Waals surface area contributed by atoms with Gasteiger partial charge in [-0.05, 0) is 31.2 Å². The number of carbonyl (C=O) groups is 1. The first-order valence-electron chi connectivity index (χ1n) is 5.67. The minimum absolute atomic E-state index is 0.0286. The van der Waals surface area contributed by atoms with E-state index < -0.39 is 5.54 Å². The Morgan fingerprint density at radius 1 is 1.61 bits per heavy atom. The average molecular weight is 263 g/mol. The number of carbonyl (C=O) groups excluding carboxylic acids is 1. The lowest BCUT2D eigenvalue weighted by Gasteiger charge is -2.27. The molecule has 4 nitrogen and oxygen atoms in total. The van der Waals surface area contributed by atoms with Crippen LogP contribution in [-0.4, -0.2) is 22.7 Å². The molecule has 5 heteroatoms. The van der Waals surface area contributed by atoms with Crippen molar-refractivity contribution in [1.82, 2.24) is 10.3 Å². The molecule has 0 aliphatic carbocycles. The maximum atomic E-state index is 12.2. The molecule has 0 aromatic carbocycles. The zero-order valence-corrected chi connectivity index (χ0v) is 11.8. The Labute approximate surface area is 112 Å². The molecule has 96 valence electrons. The van der Waals surface area contributed by atoms with Gasteiger partial charge in [0.1, 0.15) is 10.6 Å². The highest BCUT2D eigenvalue weighted by Gasteiger charge is 2.31. The molecule has 0 unspecified atom stereocenters. The molecule has 1 atom stereocenters. The fourth-order valence-electron chi connectivity index (χ4n) is 1.33. The lowest BCUT2D eigenvalue weighted by atomic mass is 9.90. The van der Waals surface area contributed by atoms with Crippen LogP contribution in [0.15, 0.2) is 23.4 Å². The van der Waals surface area contributed by atoms with E-state index in [2.05, 4.69) is 16.4 Å². The minimum atomic E-state index is -0.872. The van der Waals surface area contributed by atoms with Crippen LogP contribution in [0.25, 0.3) is 0 Å². The molecule has 0 fully saturated rings. The Kier molecular flexibility index (Phi) is 4.74. The molecule has 1 N–H and O–H groups in total. The van der Waals surface area contributed by atoms with Crippen LogP contribution in [0, 0.1) is 17.2 Å². The highest BCUT2D eigenvalue weighted by molar-refractivity contribution is 7.98. The number of aromatic nitrogens is 1. The van der Waals surface area contributed by atoms with Gasteiger partial charge in [0.2, 0.25) is 0 Å². The molecule has 1 rings (SSSR count). The van der Waals surface area contributed by atoms with E-state index in [-0.39, 0.29) is 11.8 Å². The quantitative estimate of drug-likeness (QED) is 0.847. The van der Waals surface area contributed by atoms with E-state index in [4.69, 9.17) is 0 Å². The summed E-state index contributed by atoms with van der Waals surface area (Å²) in [7, 11) is 0. The first kappa shape index (κ1) is 14.5. The fraction of sp³-hybridized carbons (Fsp3) is 0.462. The van der Waals surface area contributed by atoms with Crippen molar-refractivity contribution >= 4 is 17.7 Å². The molecule has 0 bridgehead atoms. The van der Waals surface area contributed by atoms with Crippen molar-refractivity contribution in [3.8, 4) is 6.07 Å². The summed E-state index contributed by atoms with van der Waals surface area (Å²) in [5.74, 6) is -0.231. The number of nitrogens with zero attached hydrogens (tertiary/aromatic N) is 2. The largest absolute Gasteiger partial charge is 0.334 e. The summed E-state index contributed by atoms with van der Waals surface area (Å²) in [6.07, 6.45) is 3.51. The van der Waals surface area contributed by atoms with E-state index in [1.807, 2.05) is 20.1 Å².